The Morgan fingerprint density at radius 3 is 2.81 bits per heavy atom. The number of nitrogens with zero attached hydrogens (tertiary/aromatic N) is 2. The van der Waals surface area contributed by atoms with Crippen LogP contribution < -0.4 is 16.4 Å². The minimum absolute atomic E-state index is 0.0716. The van der Waals surface area contributed by atoms with E-state index in [0.717, 1.165) is 5.69 Å². The van der Waals surface area contributed by atoms with E-state index in [2.05, 4.69) is 15.7 Å². The average Bonchev–Trinajstić information content (AvgIpc) is 2.95. The molecule has 0 saturated carbocycles. The van der Waals surface area contributed by atoms with E-state index in [1.54, 1.807) is 35.1 Å². The largest absolute Gasteiger partial charge is 0.399 e. The van der Waals surface area contributed by atoms with Gasteiger partial charge in [-0.2, -0.15) is 5.10 Å². The van der Waals surface area contributed by atoms with Gasteiger partial charge >= 0.3 is 0 Å². The normalized spacial score (nSPS) is 10.1. The van der Waals surface area contributed by atoms with Gasteiger partial charge in [-0.1, -0.05) is 6.07 Å². The van der Waals surface area contributed by atoms with Gasteiger partial charge in [-0.05, 0) is 31.2 Å². The zero-order valence-electron chi connectivity index (χ0n) is 11.7. The van der Waals surface area contributed by atoms with Crippen LogP contribution in [0.25, 0.3) is 5.69 Å². The first-order valence-electron chi connectivity index (χ1n) is 6.56. The Labute approximate surface area is 122 Å². The molecule has 0 fully saturated rings. The van der Waals surface area contributed by atoms with Crippen molar-refractivity contribution in [3.05, 3.63) is 42.2 Å². The number of likely N-dealkylation sites (N-methyl/N-ethyl adjacent to an activating group) is 1. The molecule has 1 aromatic heterocycles. The molecule has 0 spiro atoms. The maximum Gasteiger partial charge on any atom is 0.272 e. The minimum atomic E-state index is -0.399. The summed E-state index contributed by atoms with van der Waals surface area (Å²) in [6.07, 6.45) is 1.66. The second-order valence-electron chi connectivity index (χ2n) is 4.38. The van der Waals surface area contributed by atoms with Crippen molar-refractivity contribution >= 4 is 17.5 Å². The zero-order valence-corrected chi connectivity index (χ0v) is 11.7. The lowest BCUT2D eigenvalue weighted by molar-refractivity contribution is -0.120. The summed E-state index contributed by atoms with van der Waals surface area (Å²) in [5.74, 6) is -0.634. The van der Waals surface area contributed by atoms with Crippen LogP contribution in [0.1, 0.15) is 17.4 Å². The lowest BCUT2D eigenvalue weighted by atomic mass is 10.3. The number of rotatable bonds is 5. The van der Waals surface area contributed by atoms with Gasteiger partial charge in [0.1, 0.15) is 0 Å². The standard InChI is InChI=1S/C14H17N5O2/c1-2-16-13(20)9-17-14(21)12-6-7-19(18-12)11-5-3-4-10(15)8-11/h3-8H,2,9,15H2,1H3,(H,16,20)(H,17,21). The molecule has 1 heterocycles. The highest BCUT2D eigenvalue weighted by Crippen LogP contribution is 2.11. The molecule has 0 radical (unpaired) electrons. The molecule has 7 heteroatoms. The molecule has 2 aromatic rings. The Morgan fingerprint density at radius 2 is 2.10 bits per heavy atom. The highest BCUT2D eigenvalue weighted by molar-refractivity contribution is 5.94. The Balaban J connectivity index is 2.02. The van der Waals surface area contributed by atoms with E-state index >= 15 is 0 Å². The summed E-state index contributed by atoms with van der Waals surface area (Å²) in [4.78, 5) is 23.2. The first kappa shape index (κ1) is 14.6. The third-order valence-corrected chi connectivity index (χ3v) is 2.74. The van der Waals surface area contributed by atoms with E-state index in [4.69, 9.17) is 5.73 Å². The van der Waals surface area contributed by atoms with Gasteiger partial charge in [0.2, 0.25) is 5.91 Å². The molecule has 2 amide bonds. The molecule has 110 valence electrons. The van der Waals surface area contributed by atoms with Crippen LogP contribution in [0.4, 0.5) is 5.69 Å². The molecule has 0 unspecified atom stereocenters. The molecule has 0 saturated heterocycles. The second-order valence-corrected chi connectivity index (χ2v) is 4.38. The number of anilines is 1. The van der Waals surface area contributed by atoms with E-state index in [1.807, 2.05) is 13.0 Å². The fourth-order valence-electron chi connectivity index (χ4n) is 1.77. The number of amides is 2. The van der Waals surface area contributed by atoms with Crippen molar-refractivity contribution in [2.24, 2.45) is 0 Å². The number of benzene rings is 1. The molecule has 0 aliphatic carbocycles. The van der Waals surface area contributed by atoms with E-state index < -0.39 is 5.91 Å². The zero-order chi connectivity index (χ0) is 15.2. The predicted molar refractivity (Wildman–Crippen MR) is 79.0 cm³/mol. The van der Waals surface area contributed by atoms with Crippen LogP contribution in [0.15, 0.2) is 36.5 Å². The SMILES string of the molecule is CCNC(=O)CNC(=O)c1ccn(-c2cccc(N)c2)n1. The van der Waals surface area contributed by atoms with Crippen LogP contribution in [0, 0.1) is 0 Å². The van der Waals surface area contributed by atoms with Crippen molar-refractivity contribution in [3.8, 4) is 5.69 Å². The number of hydrogen-bond donors (Lipinski definition) is 3. The molecule has 0 bridgehead atoms. The monoisotopic (exact) mass is 287 g/mol. The quantitative estimate of drug-likeness (QED) is 0.689. The fourth-order valence-corrected chi connectivity index (χ4v) is 1.77. The lowest BCUT2D eigenvalue weighted by Gasteiger charge is -2.04. The van der Waals surface area contributed by atoms with Crippen LogP contribution in [-0.2, 0) is 4.79 Å². The van der Waals surface area contributed by atoms with Crippen molar-refractivity contribution in [3.63, 3.8) is 0 Å². The lowest BCUT2D eigenvalue weighted by Crippen LogP contribution is -2.36. The molecule has 4 N–H and O–H groups in total. The number of carbonyl (C=O) groups is 2. The molecule has 21 heavy (non-hydrogen) atoms. The van der Waals surface area contributed by atoms with Crippen LogP contribution >= 0.6 is 0 Å². The molecule has 1 aromatic carbocycles. The fraction of sp³-hybridized carbons (Fsp3) is 0.214. The Bertz CT molecular complexity index is 650. The first-order valence-corrected chi connectivity index (χ1v) is 6.56. The summed E-state index contributed by atoms with van der Waals surface area (Å²) in [7, 11) is 0. The average molecular weight is 287 g/mol. The van der Waals surface area contributed by atoms with Gasteiger partial charge in [-0.25, -0.2) is 4.68 Å². The first-order chi connectivity index (χ1) is 10.1. The summed E-state index contributed by atoms with van der Waals surface area (Å²) in [5.41, 5.74) is 7.32. The number of nitrogens with two attached hydrogens (primary N) is 1. The maximum atomic E-state index is 11.9. The van der Waals surface area contributed by atoms with Crippen molar-refractivity contribution in [1.82, 2.24) is 20.4 Å². The molecule has 0 aliphatic heterocycles. The number of hydrogen-bond acceptors (Lipinski definition) is 4. The van der Waals surface area contributed by atoms with Crippen molar-refractivity contribution < 1.29 is 9.59 Å². The van der Waals surface area contributed by atoms with Crippen molar-refractivity contribution in [2.45, 2.75) is 6.92 Å². The molecule has 0 atom stereocenters. The van der Waals surface area contributed by atoms with Gasteiger partial charge < -0.3 is 16.4 Å². The highest BCUT2D eigenvalue weighted by atomic mass is 16.2. The number of aromatic nitrogens is 2. The molecular weight excluding hydrogens is 270 g/mol. The second kappa shape index (κ2) is 6.56. The Hall–Kier alpha value is -2.83. The third-order valence-electron chi connectivity index (χ3n) is 2.74. The van der Waals surface area contributed by atoms with Gasteiger partial charge in [0.25, 0.3) is 5.91 Å². The van der Waals surface area contributed by atoms with Crippen LogP contribution in [0.2, 0.25) is 0 Å². The van der Waals surface area contributed by atoms with E-state index in [9.17, 15) is 9.59 Å². The van der Waals surface area contributed by atoms with Gasteiger partial charge in [0, 0.05) is 18.4 Å². The Morgan fingerprint density at radius 1 is 1.29 bits per heavy atom. The summed E-state index contributed by atoms with van der Waals surface area (Å²) in [6.45, 7) is 2.27. The van der Waals surface area contributed by atoms with Crippen molar-refractivity contribution in [1.29, 1.82) is 0 Å². The van der Waals surface area contributed by atoms with Gasteiger partial charge in [-0.3, -0.25) is 9.59 Å². The van der Waals surface area contributed by atoms with E-state index in [-0.39, 0.29) is 18.1 Å². The number of nitrogens with one attached hydrogen (secondary N) is 2. The maximum absolute atomic E-state index is 11.9. The minimum Gasteiger partial charge on any atom is -0.399 e. The van der Waals surface area contributed by atoms with Crippen LogP contribution in [0.3, 0.4) is 0 Å². The van der Waals surface area contributed by atoms with Gasteiger partial charge in [0.15, 0.2) is 5.69 Å². The number of nitrogen functional groups attached to an aromatic ring is 1. The highest BCUT2D eigenvalue weighted by Gasteiger charge is 2.11. The van der Waals surface area contributed by atoms with Gasteiger partial charge in [-0.15, -0.1) is 0 Å². The summed E-state index contributed by atoms with van der Waals surface area (Å²) in [5, 5.41) is 9.27. The van der Waals surface area contributed by atoms with Crippen molar-refractivity contribution in [2.75, 3.05) is 18.8 Å². The van der Waals surface area contributed by atoms with Crippen LogP contribution in [0.5, 0.6) is 0 Å². The smallest absolute Gasteiger partial charge is 0.272 e. The van der Waals surface area contributed by atoms with E-state index in [0.29, 0.717) is 12.2 Å². The molecule has 2 rings (SSSR count). The topological polar surface area (TPSA) is 102 Å². The molecule has 0 aliphatic rings. The van der Waals surface area contributed by atoms with Gasteiger partial charge in [0.05, 0.1) is 12.2 Å². The third kappa shape index (κ3) is 3.82. The summed E-state index contributed by atoms with van der Waals surface area (Å²) >= 11 is 0. The van der Waals surface area contributed by atoms with E-state index in [1.165, 1.54) is 0 Å². The number of carbonyl (C=O) groups excluding carboxylic acids is 2. The molecular formula is C14H17N5O2. The Kier molecular flexibility index (Phi) is 4.55. The summed E-state index contributed by atoms with van der Waals surface area (Å²) in [6, 6.07) is 8.74. The summed E-state index contributed by atoms with van der Waals surface area (Å²) < 4.78 is 1.55. The predicted octanol–water partition coefficient (Wildman–Crippen LogP) is 0.320. The van der Waals surface area contributed by atoms with Crippen LogP contribution in [-0.4, -0.2) is 34.7 Å². The molecule has 7 nitrogen and oxygen atoms in total.